The number of rotatable bonds is 6. The molecule has 0 heterocycles. The van der Waals surface area contributed by atoms with Gasteiger partial charge >= 0.3 is 11.9 Å². The van der Waals surface area contributed by atoms with E-state index in [4.69, 9.17) is 9.47 Å². The van der Waals surface area contributed by atoms with Crippen molar-refractivity contribution < 1.29 is 19.1 Å². The molecule has 1 aliphatic carbocycles. The number of methoxy groups -OCH3 is 2. The summed E-state index contributed by atoms with van der Waals surface area (Å²) >= 11 is 0. The molecule has 0 aliphatic heterocycles. The smallest absolute Gasteiger partial charge is 0.323 e. The zero-order valence-corrected chi connectivity index (χ0v) is 13.5. The molecule has 0 aromatic heterocycles. The molecule has 1 unspecified atom stereocenters. The minimum atomic E-state index is -1.15. The Hall–Kier alpha value is -1.58. The number of allylic oxidation sites excluding steroid dienone is 3. The molecular weight excluding hydrogens is 268 g/mol. The molecule has 0 aromatic carbocycles. The van der Waals surface area contributed by atoms with Crippen LogP contribution < -0.4 is 0 Å². The minimum Gasteiger partial charge on any atom is -0.468 e. The lowest BCUT2D eigenvalue weighted by Gasteiger charge is -2.23. The molecule has 0 N–H and O–H groups in total. The van der Waals surface area contributed by atoms with Crippen molar-refractivity contribution in [2.45, 2.75) is 46.0 Å². The average molecular weight is 294 g/mol. The second kappa shape index (κ2) is 7.43. The van der Waals surface area contributed by atoms with Crippen LogP contribution in [0.1, 0.15) is 46.0 Å². The fraction of sp³-hybridized carbons (Fsp3) is 0.647. The van der Waals surface area contributed by atoms with E-state index in [-0.39, 0.29) is 5.92 Å². The Morgan fingerprint density at radius 3 is 2.29 bits per heavy atom. The van der Waals surface area contributed by atoms with E-state index in [1.54, 1.807) is 0 Å². The Kier molecular flexibility index (Phi) is 6.19. The highest BCUT2D eigenvalue weighted by atomic mass is 16.5. The predicted octanol–water partition coefficient (Wildman–Crippen LogP) is 3.42. The summed E-state index contributed by atoms with van der Waals surface area (Å²) in [4.78, 5) is 24.1. The molecule has 0 amide bonds. The zero-order valence-electron chi connectivity index (χ0n) is 13.5. The van der Waals surface area contributed by atoms with Crippen LogP contribution in [0.3, 0.4) is 0 Å². The topological polar surface area (TPSA) is 52.6 Å². The minimum absolute atomic E-state index is 0.175. The standard InChI is InChI=1S/C17H26O4/c1-12(2)7-6-8-13(3)14-9-10-17(11-14,15(18)20-4)16(19)21-5/h7,14H,3,6,8-11H2,1-2,4-5H3. The summed E-state index contributed by atoms with van der Waals surface area (Å²) in [5.41, 5.74) is 1.24. The predicted molar refractivity (Wildman–Crippen MR) is 81.6 cm³/mol. The molecule has 4 heteroatoms. The highest BCUT2D eigenvalue weighted by Crippen LogP contribution is 2.46. The maximum atomic E-state index is 12.0. The van der Waals surface area contributed by atoms with E-state index in [1.807, 2.05) is 0 Å². The molecule has 0 saturated heterocycles. The zero-order chi connectivity index (χ0) is 16.0. The van der Waals surface area contributed by atoms with Gasteiger partial charge in [-0.05, 0) is 51.9 Å². The second-order valence-corrected chi connectivity index (χ2v) is 5.98. The van der Waals surface area contributed by atoms with Crippen molar-refractivity contribution in [3.63, 3.8) is 0 Å². The Balaban J connectivity index is 2.75. The molecule has 1 saturated carbocycles. The molecular formula is C17H26O4. The van der Waals surface area contributed by atoms with Crippen LogP contribution in [0.15, 0.2) is 23.8 Å². The first-order chi connectivity index (χ1) is 9.87. The maximum absolute atomic E-state index is 12.0. The highest BCUT2D eigenvalue weighted by Gasteiger charge is 2.53. The third-order valence-electron chi connectivity index (χ3n) is 4.26. The van der Waals surface area contributed by atoms with Gasteiger partial charge in [0, 0.05) is 0 Å². The number of carbonyl (C=O) groups excluding carboxylic acids is 2. The van der Waals surface area contributed by atoms with Crippen LogP contribution in [-0.4, -0.2) is 26.2 Å². The third-order valence-corrected chi connectivity index (χ3v) is 4.26. The quantitative estimate of drug-likeness (QED) is 0.428. The average Bonchev–Trinajstić information content (AvgIpc) is 2.91. The molecule has 118 valence electrons. The molecule has 1 atom stereocenters. The Bertz CT molecular complexity index is 428. The second-order valence-electron chi connectivity index (χ2n) is 5.98. The maximum Gasteiger partial charge on any atom is 0.323 e. The Morgan fingerprint density at radius 2 is 1.81 bits per heavy atom. The number of hydrogen-bond donors (Lipinski definition) is 0. The summed E-state index contributed by atoms with van der Waals surface area (Å²) in [5, 5.41) is 0. The summed E-state index contributed by atoms with van der Waals surface area (Å²) in [6, 6.07) is 0. The van der Waals surface area contributed by atoms with Gasteiger partial charge in [0.05, 0.1) is 14.2 Å². The van der Waals surface area contributed by atoms with Gasteiger partial charge in [0.15, 0.2) is 5.41 Å². The van der Waals surface area contributed by atoms with Crippen LogP contribution in [0.25, 0.3) is 0 Å². The molecule has 1 aliphatic rings. The van der Waals surface area contributed by atoms with Gasteiger partial charge in [-0.25, -0.2) is 0 Å². The monoisotopic (exact) mass is 294 g/mol. The van der Waals surface area contributed by atoms with Gasteiger partial charge in [-0.1, -0.05) is 23.8 Å². The van der Waals surface area contributed by atoms with E-state index >= 15 is 0 Å². The van der Waals surface area contributed by atoms with Crippen LogP contribution in [-0.2, 0) is 19.1 Å². The summed E-state index contributed by atoms with van der Waals surface area (Å²) in [6.07, 6.45) is 5.69. The third kappa shape index (κ3) is 3.96. The highest BCUT2D eigenvalue weighted by molar-refractivity contribution is 6.00. The first kappa shape index (κ1) is 17.5. The first-order valence-electron chi connectivity index (χ1n) is 7.35. The van der Waals surface area contributed by atoms with E-state index in [0.29, 0.717) is 12.8 Å². The molecule has 0 aromatic rings. The van der Waals surface area contributed by atoms with E-state index in [0.717, 1.165) is 24.8 Å². The van der Waals surface area contributed by atoms with Crippen molar-refractivity contribution in [2.75, 3.05) is 14.2 Å². The number of carbonyl (C=O) groups is 2. The number of ether oxygens (including phenoxy) is 2. The van der Waals surface area contributed by atoms with Crippen LogP contribution in [0.2, 0.25) is 0 Å². The van der Waals surface area contributed by atoms with Crippen molar-refractivity contribution in [3.8, 4) is 0 Å². The SMILES string of the molecule is C=C(CCC=C(C)C)C1CCC(C(=O)OC)(C(=O)OC)C1. The molecule has 0 bridgehead atoms. The number of hydrogen-bond acceptors (Lipinski definition) is 4. The Morgan fingerprint density at radius 1 is 1.24 bits per heavy atom. The van der Waals surface area contributed by atoms with Crippen molar-refractivity contribution in [1.82, 2.24) is 0 Å². The normalized spacial score (nSPS) is 19.7. The van der Waals surface area contributed by atoms with Crippen LogP contribution in [0.4, 0.5) is 0 Å². The van der Waals surface area contributed by atoms with Gasteiger partial charge in [-0.15, -0.1) is 0 Å². The fourth-order valence-corrected chi connectivity index (χ4v) is 2.99. The fourth-order valence-electron chi connectivity index (χ4n) is 2.99. The van der Waals surface area contributed by atoms with Crippen molar-refractivity contribution in [3.05, 3.63) is 23.8 Å². The lowest BCUT2D eigenvalue weighted by molar-refractivity contribution is -0.168. The van der Waals surface area contributed by atoms with Crippen LogP contribution in [0, 0.1) is 11.3 Å². The molecule has 4 nitrogen and oxygen atoms in total. The van der Waals surface area contributed by atoms with E-state index in [9.17, 15) is 9.59 Å². The molecule has 0 radical (unpaired) electrons. The van der Waals surface area contributed by atoms with Gasteiger partial charge < -0.3 is 9.47 Å². The van der Waals surface area contributed by atoms with E-state index in [2.05, 4.69) is 26.5 Å². The van der Waals surface area contributed by atoms with Gasteiger partial charge in [0.1, 0.15) is 0 Å². The van der Waals surface area contributed by atoms with Crippen molar-refractivity contribution in [1.29, 1.82) is 0 Å². The molecule has 1 fully saturated rings. The van der Waals surface area contributed by atoms with Gasteiger partial charge in [-0.3, -0.25) is 9.59 Å². The van der Waals surface area contributed by atoms with Gasteiger partial charge in [-0.2, -0.15) is 0 Å². The molecule has 1 rings (SSSR count). The lowest BCUT2D eigenvalue weighted by atomic mass is 9.83. The van der Waals surface area contributed by atoms with Crippen LogP contribution >= 0.6 is 0 Å². The summed E-state index contributed by atoms with van der Waals surface area (Å²) in [7, 11) is 2.62. The first-order valence-corrected chi connectivity index (χ1v) is 7.35. The van der Waals surface area contributed by atoms with Gasteiger partial charge in [0.25, 0.3) is 0 Å². The van der Waals surface area contributed by atoms with E-state index in [1.165, 1.54) is 19.8 Å². The lowest BCUT2D eigenvalue weighted by Crippen LogP contribution is -2.39. The summed E-state index contributed by atoms with van der Waals surface area (Å²) in [5.74, 6) is -0.809. The van der Waals surface area contributed by atoms with E-state index < -0.39 is 17.4 Å². The van der Waals surface area contributed by atoms with Crippen LogP contribution in [0.5, 0.6) is 0 Å². The summed E-state index contributed by atoms with van der Waals surface area (Å²) in [6.45, 7) is 8.27. The molecule has 0 spiro atoms. The largest absolute Gasteiger partial charge is 0.468 e. The Labute approximate surface area is 127 Å². The number of esters is 2. The van der Waals surface area contributed by atoms with Crippen molar-refractivity contribution in [2.24, 2.45) is 11.3 Å². The molecule has 21 heavy (non-hydrogen) atoms. The van der Waals surface area contributed by atoms with Gasteiger partial charge in [0.2, 0.25) is 0 Å². The summed E-state index contributed by atoms with van der Waals surface area (Å²) < 4.78 is 9.64. The van der Waals surface area contributed by atoms with Crippen molar-refractivity contribution >= 4 is 11.9 Å².